The molecule has 1 rings (SSSR count). The van der Waals surface area contributed by atoms with Crippen molar-refractivity contribution in [3.63, 3.8) is 0 Å². The first-order valence-electron chi connectivity index (χ1n) is 6.05. The summed E-state index contributed by atoms with van der Waals surface area (Å²) in [5.41, 5.74) is 0.347. The van der Waals surface area contributed by atoms with Crippen LogP contribution in [0.15, 0.2) is 23.2 Å². The molecule has 0 aliphatic carbocycles. The van der Waals surface area contributed by atoms with Crippen LogP contribution < -0.4 is 10.6 Å². The zero-order valence-electron chi connectivity index (χ0n) is 11.2. The Morgan fingerprint density at radius 1 is 1.26 bits per heavy atom. The molecule has 0 bridgehead atoms. The lowest BCUT2D eigenvalue weighted by atomic mass is 10.1. The molecule has 6 heteroatoms. The summed E-state index contributed by atoms with van der Waals surface area (Å²) >= 11 is 0. The fraction of sp³-hybridized carbons (Fsp3) is 0.462. The summed E-state index contributed by atoms with van der Waals surface area (Å²) in [5.74, 6) is -0.999. The van der Waals surface area contributed by atoms with Crippen LogP contribution in [-0.4, -0.2) is 39.8 Å². The summed E-state index contributed by atoms with van der Waals surface area (Å²) in [6.07, 6.45) is 0.384. The van der Waals surface area contributed by atoms with Crippen LogP contribution in [0, 0.1) is 11.6 Å². The van der Waals surface area contributed by atoms with Gasteiger partial charge in [-0.25, -0.2) is 8.78 Å². The van der Waals surface area contributed by atoms with Crippen molar-refractivity contribution in [2.75, 3.05) is 33.9 Å². The molecule has 106 valence electrons. The third kappa shape index (κ3) is 5.21. The lowest BCUT2D eigenvalue weighted by Gasteiger charge is -2.11. The standard InChI is InChI=1S/C13H19F2N3O/c1-16-13(18-8-9-19-2)17-7-6-10-4-3-5-11(14)12(10)15/h3-5H,6-9H2,1-2H3,(H2,16,17,18). The second-order valence-corrected chi connectivity index (χ2v) is 3.88. The highest BCUT2D eigenvalue weighted by atomic mass is 19.2. The van der Waals surface area contributed by atoms with Crippen LogP contribution in [0.4, 0.5) is 8.78 Å². The predicted molar refractivity (Wildman–Crippen MR) is 71.3 cm³/mol. The minimum atomic E-state index is -0.819. The van der Waals surface area contributed by atoms with Crippen LogP contribution in [0.2, 0.25) is 0 Å². The van der Waals surface area contributed by atoms with Gasteiger partial charge in [0.15, 0.2) is 17.6 Å². The number of hydrogen-bond donors (Lipinski definition) is 2. The molecule has 0 aliphatic rings. The highest BCUT2D eigenvalue weighted by Crippen LogP contribution is 2.11. The van der Waals surface area contributed by atoms with E-state index in [9.17, 15) is 8.78 Å². The van der Waals surface area contributed by atoms with Gasteiger partial charge >= 0.3 is 0 Å². The van der Waals surface area contributed by atoms with E-state index in [1.807, 2.05) is 0 Å². The SMILES string of the molecule is CN=C(NCCOC)NCCc1cccc(F)c1F. The first-order chi connectivity index (χ1) is 9.19. The average Bonchev–Trinajstić information content (AvgIpc) is 2.42. The lowest BCUT2D eigenvalue weighted by Crippen LogP contribution is -2.39. The fourth-order valence-electron chi connectivity index (χ4n) is 1.55. The quantitative estimate of drug-likeness (QED) is 0.466. The smallest absolute Gasteiger partial charge is 0.191 e. The summed E-state index contributed by atoms with van der Waals surface area (Å²) in [7, 11) is 3.26. The monoisotopic (exact) mass is 271 g/mol. The van der Waals surface area contributed by atoms with Gasteiger partial charge in [0.05, 0.1) is 6.61 Å². The molecule has 0 atom stereocenters. The minimum absolute atomic E-state index is 0.347. The molecular weight excluding hydrogens is 252 g/mol. The van der Waals surface area contributed by atoms with Gasteiger partial charge < -0.3 is 15.4 Å². The topological polar surface area (TPSA) is 45.7 Å². The molecule has 1 aromatic carbocycles. The molecule has 0 heterocycles. The Kier molecular flexibility index (Phi) is 6.81. The molecular formula is C13H19F2N3O. The number of benzene rings is 1. The van der Waals surface area contributed by atoms with E-state index in [0.29, 0.717) is 37.6 Å². The van der Waals surface area contributed by atoms with Gasteiger partial charge in [-0.1, -0.05) is 12.1 Å². The fourth-order valence-corrected chi connectivity index (χ4v) is 1.55. The number of aliphatic imine (C=N–C) groups is 1. The highest BCUT2D eigenvalue weighted by molar-refractivity contribution is 5.79. The first kappa shape index (κ1) is 15.4. The summed E-state index contributed by atoms with van der Waals surface area (Å²) in [4.78, 5) is 4.00. The van der Waals surface area contributed by atoms with Crippen molar-refractivity contribution in [1.82, 2.24) is 10.6 Å². The number of guanidine groups is 1. The minimum Gasteiger partial charge on any atom is -0.383 e. The van der Waals surface area contributed by atoms with Crippen LogP contribution in [0.25, 0.3) is 0 Å². The summed E-state index contributed by atoms with van der Waals surface area (Å²) < 4.78 is 31.3. The van der Waals surface area contributed by atoms with Gasteiger partial charge in [-0.05, 0) is 18.1 Å². The van der Waals surface area contributed by atoms with Crippen molar-refractivity contribution in [2.45, 2.75) is 6.42 Å². The Morgan fingerprint density at radius 3 is 2.68 bits per heavy atom. The molecule has 0 amide bonds. The Bertz CT molecular complexity index is 424. The van der Waals surface area contributed by atoms with Crippen LogP contribution >= 0.6 is 0 Å². The highest BCUT2D eigenvalue weighted by Gasteiger charge is 2.07. The zero-order chi connectivity index (χ0) is 14.1. The lowest BCUT2D eigenvalue weighted by molar-refractivity contribution is 0.203. The normalized spacial score (nSPS) is 11.5. The van der Waals surface area contributed by atoms with E-state index in [0.717, 1.165) is 6.07 Å². The van der Waals surface area contributed by atoms with Gasteiger partial charge in [-0.3, -0.25) is 4.99 Å². The molecule has 0 fully saturated rings. The molecule has 0 aliphatic heterocycles. The van der Waals surface area contributed by atoms with Crippen LogP contribution in [-0.2, 0) is 11.2 Å². The van der Waals surface area contributed by atoms with E-state index in [1.54, 1.807) is 20.2 Å². The van der Waals surface area contributed by atoms with Gasteiger partial charge in [0.25, 0.3) is 0 Å². The van der Waals surface area contributed by atoms with Gasteiger partial charge in [0.1, 0.15) is 0 Å². The van der Waals surface area contributed by atoms with Crippen molar-refractivity contribution in [3.05, 3.63) is 35.4 Å². The number of ether oxygens (including phenoxy) is 1. The number of hydrogen-bond acceptors (Lipinski definition) is 2. The molecule has 4 nitrogen and oxygen atoms in total. The number of nitrogens with one attached hydrogen (secondary N) is 2. The first-order valence-corrected chi connectivity index (χ1v) is 6.05. The zero-order valence-corrected chi connectivity index (χ0v) is 11.2. The second kappa shape index (κ2) is 8.42. The van der Waals surface area contributed by atoms with Gasteiger partial charge in [0, 0.05) is 27.2 Å². The molecule has 1 aromatic rings. The van der Waals surface area contributed by atoms with E-state index >= 15 is 0 Å². The number of halogens is 2. The van der Waals surface area contributed by atoms with E-state index in [2.05, 4.69) is 15.6 Å². The number of methoxy groups -OCH3 is 1. The second-order valence-electron chi connectivity index (χ2n) is 3.88. The maximum absolute atomic E-state index is 13.4. The Balaban J connectivity index is 2.38. The van der Waals surface area contributed by atoms with Gasteiger partial charge in [-0.2, -0.15) is 0 Å². The molecule has 0 spiro atoms. The van der Waals surface area contributed by atoms with Crippen LogP contribution in [0.5, 0.6) is 0 Å². The van der Waals surface area contributed by atoms with Crippen molar-refractivity contribution in [3.8, 4) is 0 Å². The van der Waals surface area contributed by atoms with Gasteiger partial charge in [-0.15, -0.1) is 0 Å². The Morgan fingerprint density at radius 2 is 2.00 bits per heavy atom. The van der Waals surface area contributed by atoms with Crippen molar-refractivity contribution in [2.24, 2.45) is 4.99 Å². The number of nitrogens with zero attached hydrogens (tertiary/aromatic N) is 1. The van der Waals surface area contributed by atoms with E-state index in [4.69, 9.17) is 4.74 Å². The molecule has 0 saturated carbocycles. The third-order valence-electron chi connectivity index (χ3n) is 2.54. The summed E-state index contributed by atoms with van der Waals surface area (Å²) in [6.45, 7) is 1.66. The van der Waals surface area contributed by atoms with Crippen molar-refractivity contribution >= 4 is 5.96 Å². The maximum atomic E-state index is 13.4. The van der Waals surface area contributed by atoms with Crippen LogP contribution in [0.1, 0.15) is 5.56 Å². The average molecular weight is 271 g/mol. The molecule has 2 N–H and O–H groups in total. The third-order valence-corrected chi connectivity index (χ3v) is 2.54. The number of rotatable bonds is 6. The van der Waals surface area contributed by atoms with Crippen molar-refractivity contribution in [1.29, 1.82) is 0 Å². The van der Waals surface area contributed by atoms with Crippen molar-refractivity contribution < 1.29 is 13.5 Å². The van der Waals surface area contributed by atoms with E-state index in [1.165, 1.54) is 6.07 Å². The molecule has 0 aromatic heterocycles. The molecule has 0 radical (unpaired) electrons. The summed E-state index contributed by atoms with van der Waals surface area (Å²) in [5, 5.41) is 6.05. The summed E-state index contributed by atoms with van der Waals surface area (Å²) in [6, 6.07) is 4.18. The largest absolute Gasteiger partial charge is 0.383 e. The van der Waals surface area contributed by atoms with Crippen LogP contribution in [0.3, 0.4) is 0 Å². The molecule has 0 unspecified atom stereocenters. The predicted octanol–water partition coefficient (Wildman–Crippen LogP) is 1.32. The van der Waals surface area contributed by atoms with E-state index < -0.39 is 11.6 Å². The molecule has 19 heavy (non-hydrogen) atoms. The Labute approximate surface area is 111 Å². The molecule has 0 saturated heterocycles. The maximum Gasteiger partial charge on any atom is 0.191 e. The Hall–Kier alpha value is -1.69. The van der Waals surface area contributed by atoms with E-state index in [-0.39, 0.29) is 0 Å². The van der Waals surface area contributed by atoms with Gasteiger partial charge in [0.2, 0.25) is 0 Å².